The van der Waals surface area contributed by atoms with Gasteiger partial charge >= 0.3 is 0 Å². The molecule has 0 saturated carbocycles. The highest BCUT2D eigenvalue weighted by Crippen LogP contribution is 2.23. The Kier molecular flexibility index (Phi) is 4.80. The van der Waals surface area contributed by atoms with Crippen LogP contribution >= 0.6 is 11.3 Å². The first kappa shape index (κ1) is 16.8. The van der Waals surface area contributed by atoms with Crippen LogP contribution in [-0.2, 0) is 10.0 Å². The van der Waals surface area contributed by atoms with Gasteiger partial charge in [0.05, 0.1) is 15.1 Å². The first-order chi connectivity index (χ1) is 11.4. The summed E-state index contributed by atoms with van der Waals surface area (Å²) < 4.78 is 27.9. The molecule has 0 aliphatic heterocycles. The number of hydrogen-bond acceptors (Lipinski definition) is 4. The molecule has 0 aliphatic rings. The fourth-order valence-electron chi connectivity index (χ4n) is 2.27. The molecule has 6 heteroatoms. The highest BCUT2D eigenvalue weighted by atomic mass is 32.2. The molecule has 3 rings (SSSR count). The number of hydrogen-bond donors (Lipinski definition) is 1. The monoisotopic (exact) mass is 358 g/mol. The Bertz CT molecular complexity index is 939. The lowest BCUT2D eigenvalue weighted by atomic mass is 10.2. The number of aromatic nitrogens is 1. The minimum atomic E-state index is -3.45. The lowest BCUT2D eigenvalue weighted by Gasteiger charge is -2.09. The third kappa shape index (κ3) is 3.90. The van der Waals surface area contributed by atoms with Crippen molar-refractivity contribution in [2.75, 3.05) is 0 Å². The van der Waals surface area contributed by atoms with Crippen LogP contribution in [0.15, 0.2) is 53.4 Å². The van der Waals surface area contributed by atoms with Crippen LogP contribution in [0.1, 0.15) is 24.4 Å². The molecule has 1 aromatic heterocycles. The zero-order valence-electron chi connectivity index (χ0n) is 13.4. The van der Waals surface area contributed by atoms with Crippen LogP contribution in [0.5, 0.6) is 0 Å². The summed E-state index contributed by atoms with van der Waals surface area (Å²) in [5, 5.41) is 0.925. The van der Waals surface area contributed by atoms with E-state index in [0.29, 0.717) is 0 Å². The van der Waals surface area contributed by atoms with Gasteiger partial charge in [0.2, 0.25) is 10.0 Å². The summed E-state index contributed by atoms with van der Waals surface area (Å²) in [5.74, 6) is 0. The minimum Gasteiger partial charge on any atom is -0.237 e. The van der Waals surface area contributed by atoms with Crippen LogP contribution in [0.2, 0.25) is 0 Å². The summed E-state index contributed by atoms with van der Waals surface area (Å²) in [6, 6.07) is 14.7. The van der Waals surface area contributed by atoms with Crippen molar-refractivity contribution in [1.82, 2.24) is 9.71 Å². The molecule has 0 saturated heterocycles. The molecule has 0 unspecified atom stereocenters. The number of benzene rings is 2. The molecule has 0 amide bonds. The molecule has 0 aliphatic carbocycles. The van der Waals surface area contributed by atoms with Crippen molar-refractivity contribution >= 4 is 43.7 Å². The lowest BCUT2D eigenvalue weighted by Crippen LogP contribution is -2.30. The summed E-state index contributed by atoms with van der Waals surface area (Å²) in [6.07, 6.45) is 3.88. The molecule has 124 valence electrons. The van der Waals surface area contributed by atoms with Gasteiger partial charge in [-0.3, -0.25) is 0 Å². The first-order valence-corrected chi connectivity index (χ1v) is 9.90. The van der Waals surface area contributed by atoms with Crippen molar-refractivity contribution in [3.8, 4) is 0 Å². The first-order valence-electron chi connectivity index (χ1n) is 7.60. The highest BCUT2D eigenvalue weighted by molar-refractivity contribution is 7.89. The molecule has 1 N–H and O–H groups in total. The van der Waals surface area contributed by atoms with Crippen molar-refractivity contribution in [3.05, 3.63) is 59.1 Å². The van der Waals surface area contributed by atoms with E-state index >= 15 is 0 Å². The fraction of sp³-hybridized carbons (Fsp3) is 0.167. The Morgan fingerprint density at radius 1 is 1.04 bits per heavy atom. The van der Waals surface area contributed by atoms with Gasteiger partial charge in [0.1, 0.15) is 5.01 Å². The molecule has 0 fully saturated rings. The normalized spacial score (nSPS) is 12.5. The van der Waals surface area contributed by atoms with E-state index in [2.05, 4.69) is 9.71 Å². The van der Waals surface area contributed by atoms with E-state index in [1.807, 2.05) is 36.4 Å². The molecule has 2 aromatic carbocycles. The van der Waals surface area contributed by atoms with E-state index < -0.39 is 10.0 Å². The van der Waals surface area contributed by atoms with E-state index in [9.17, 15) is 8.42 Å². The van der Waals surface area contributed by atoms with Gasteiger partial charge in [-0.15, -0.1) is 11.3 Å². The van der Waals surface area contributed by atoms with Crippen LogP contribution in [0.4, 0.5) is 0 Å². The van der Waals surface area contributed by atoms with Crippen LogP contribution in [0.25, 0.3) is 22.4 Å². The molecule has 4 nitrogen and oxygen atoms in total. The van der Waals surface area contributed by atoms with Gasteiger partial charge in [0.15, 0.2) is 0 Å². The predicted molar refractivity (Wildman–Crippen MR) is 100 cm³/mol. The number of thiazole rings is 1. The van der Waals surface area contributed by atoms with Crippen LogP contribution in [0.3, 0.4) is 0 Å². The van der Waals surface area contributed by atoms with Gasteiger partial charge in [0.25, 0.3) is 0 Å². The van der Waals surface area contributed by atoms with Crippen molar-refractivity contribution in [1.29, 1.82) is 0 Å². The Morgan fingerprint density at radius 2 is 1.75 bits per heavy atom. The van der Waals surface area contributed by atoms with Gasteiger partial charge in [-0.2, -0.15) is 0 Å². The highest BCUT2D eigenvalue weighted by Gasteiger charge is 2.14. The third-order valence-corrected chi connectivity index (χ3v) is 5.99. The molecule has 3 aromatic rings. The molecule has 0 atom stereocenters. The minimum absolute atomic E-state index is 0.131. The SMILES string of the molecule is CC(C)NS(=O)(=O)c1ccc(/C=C/c2nc3ccccc3s2)cc1. The maximum atomic E-state index is 12.1. The average molecular weight is 358 g/mol. The topological polar surface area (TPSA) is 59.1 Å². The Balaban J connectivity index is 1.78. The van der Waals surface area contributed by atoms with Gasteiger partial charge in [-0.1, -0.05) is 30.3 Å². The zero-order chi connectivity index (χ0) is 17.2. The van der Waals surface area contributed by atoms with Crippen LogP contribution in [0, 0.1) is 0 Å². The number of rotatable bonds is 5. The van der Waals surface area contributed by atoms with E-state index in [0.717, 1.165) is 20.8 Å². The maximum absolute atomic E-state index is 12.1. The largest absolute Gasteiger partial charge is 0.240 e. The standard InChI is InChI=1S/C18H18N2O2S2/c1-13(2)20-24(21,22)15-10-7-14(8-11-15)9-12-18-19-16-5-3-4-6-17(16)23-18/h3-13,20H,1-2H3/b12-9+. The quantitative estimate of drug-likeness (QED) is 0.745. The molecular weight excluding hydrogens is 340 g/mol. The molecule has 1 heterocycles. The fourth-order valence-corrected chi connectivity index (χ4v) is 4.39. The third-order valence-electron chi connectivity index (χ3n) is 3.31. The number of sulfonamides is 1. The maximum Gasteiger partial charge on any atom is 0.240 e. The number of nitrogens with one attached hydrogen (secondary N) is 1. The second-order valence-electron chi connectivity index (χ2n) is 5.70. The zero-order valence-corrected chi connectivity index (χ0v) is 15.1. The van der Waals surface area contributed by atoms with Gasteiger partial charge < -0.3 is 0 Å². The number of nitrogens with zero attached hydrogens (tertiary/aromatic N) is 1. The summed E-state index contributed by atoms with van der Waals surface area (Å²) >= 11 is 1.63. The van der Waals surface area contributed by atoms with E-state index in [1.165, 1.54) is 0 Å². The van der Waals surface area contributed by atoms with Crippen molar-refractivity contribution < 1.29 is 8.42 Å². The van der Waals surface area contributed by atoms with Crippen LogP contribution < -0.4 is 4.72 Å². The summed E-state index contributed by atoms with van der Waals surface area (Å²) in [6.45, 7) is 3.60. The Hall–Kier alpha value is -2.02. The Morgan fingerprint density at radius 3 is 2.42 bits per heavy atom. The Labute approximate surface area is 145 Å². The molecule has 24 heavy (non-hydrogen) atoms. The molecule has 0 bridgehead atoms. The predicted octanol–water partition coefficient (Wildman–Crippen LogP) is 4.15. The second-order valence-corrected chi connectivity index (χ2v) is 8.47. The van der Waals surface area contributed by atoms with Crippen LogP contribution in [-0.4, -0.2) is 19.4 Å². The van der Waals surface area contributed by atoms with Gasteiger partial charge in [-0.05, 0) is 49.8 Å². The lowest BCUT2D eigenvalue weighted by molar-refractivity contribution is 0.570. The summed E-state index contributed by atoms with van der Waals surface area (Å²) in [7, 11) is -3.45. The second kappa shape index (κ2) is 6.84. The van der Waals surface area contributed by atoms with E-state index in [-0.39, 0.29) is 10.9 Å². The molecule has 0 spiro atoms. The average Bonchev–Trinajstić information content (AvgIpc) is 2.95. The van der Waals surface area contributed by atoms with Crippen molar-refractivity contribution in [3.63, 3.8) is 0 Å². The van der Waals surface area contributed by atoms with Gasteiger partial charge in [-0.25, -0.2) is 18.1 Å². The van der Waals surface area contributed by atoms with Crippen molar-refractivity contribution in [2.45, 2.75) is 24.8 Å². The summed E-state index contributed by atoms with van der Waals surface area (Å²) in [5.41, 5.74) is 1.92. The van der Waals surface area contributed by atoms with Crippen molar-refractivity contribution in [2.24, 2.45) is 0 Å². The number of para-hydroxylation sites is 1. The molecular formula is C18H18N2O2S2. The molecule has 0 radical (unpaired) electrons. The summed E-state index contributed by atoms with van der Waals surface area (Å²) in [4.78, 5) is 4.81. The number of fused-ring (bicyclic) bond motifs is 1. The smallest absolute Gasteiger partial charge is 0.237 e. The van der Waals surface area contributed by atoms with Gasteiger partial charge in [0, 0.05) is 6.04 Å². The van der Waals surface area contributed by atoms with E-state index in [1.54, 1.807) is 49.4 Å². The van der Waals surface area contributed by atoms with E-state index in [4.69, 9.17) is 0 Å².